The highest BCUT2D eigenvalue weighted by Crippen LogP contribution is 2.16. The van der Waals surface area contributed by atoms with Crippen molar-refractivity contribution in [2.75, 3.05) is 0 Å². The molecule has 0 saturated heterocycles. The van der Waals surface area contributed by atoms with Gasteiger partial charge in [0.2, 0.25) is 10.0 Å². The van der Waals surface area contributed by atoms with Crippen LogP contribution < -0.4 is 4.72 Å². The fraction of sp³-hybridized carbons (Fsp3) is 0.0833. The lowest BCUT2D eigenvalue weighted by Crippen LogP contribution is -2.22. The highest BCUT2D eigenvalue weighted by Gasteiger charge is 2.15. The molecule has 0 aliphatic heterocycles. The number of nitrogens with one attached hydrogen (secondary N) is 2. The van der Waals surface area contributed by atoms with Crippen molar-refractivity contribution in [3.63, 3.8) is 0 Å². The van der Waals surface area contributed by atoms with Gasteiger partial charge in [0.05, 0.1) is 17.6 Å². The van der Waals surface area contributed by atoms with Crippen LogP contribution >= 0.6 is 11.3 Å². The van der Waals surface area contributed by atoms with Gasteiger partial charge in [-0.25, -0.2) is 18.1 Å². The van der Waals surface area contributed by atoms with Crippen LogP contribution in [0.5, 0.6) is 0 Å². The number of H-pyrrole nitrogens is 1. The zero-order valence-corrected chi connectivity index (χ0v) is 11.5. The molecule has 19 heavy (non-hydrogen) atoms. The maximum Gasteiger partial charge on any atom is 0.250 e. The van der Waals surface area contributed by atoms with E-state index >= 15 is 0 Å². The molecule has 3 aromatic rings. The number of hydrogen-bond acceptors (Lipinski definition) is 4. The molecule has 0 spiro atoms. The van der Waals surface area contributed by atoms with E-state index in [2.05, 4.69) is 14.7 Å². The minimum absolute atomic E-state index is 0.148. The van der Waals surface area contributed by atoms with Crippen molar-refractivity contribution in [3.8, 4) is 0 Å². The van der Waals surface area contributed by atoms with Crippen molar-refractivity contribution >= 4 is 32.4 Å². The minimum Gasteiger partial charge on any atom is -0.341 e. The van der Waals surface area contributed by atoms with E-state index in [0.29, 0.717) is 10.0 Å². The van der Waals surface area contributed by atoms with E-state index in [0.717, 1.165) is 11.0 Å². The molecule has 5 nitrogen and oxygen atoms in total. The lowest BCUT2D eigenvalue weighted by Gasteiger charge is -2.01. The molecule has 0 radical (unpaired) electrons. The largest absolute Gasteiger partial charge is 0.341 e. The number of nitrogens with zero attached hydrogens (tertiary/aromatic N) is 1. The second-order valence-electron chi connectivity index (χ2n) is 3.96. The number of thiophene rings is 1. The predicted octanol–water partition coefficient (Wildman–Crippen LogP) is 2.10. The molecule has 0 aliphatic carbocycles. The molecule has 98 valence electrons. The molecule has 2 N–H and O–H groups in total. The Bertz CT molecular complexity index is 758. The van der Waals surface area contributed by atoms with E-state index in [9.17, 15) is 8.42 Å². The summed E-state index contributed by atoms with van der Waals surface area (Å²) in [5.74, 6) is 0.598. The van der Waals surface area contributed by atoms with Crippen molar-refractivity contribution in [1.29, 1.82) is 0 Å². The summed E-state index contributed by atoms with van der Waals surface area (Å²) >= 11 is 1.19. The topological polar surface area (TPSA) is 74.8 Å². The molecule has 2 heterocycles. The Morgan fingerprint density at radius 1 is 1.21 bits per heavy atom. The monoisotopic (exact) mass is 293 g/mol. The van der Waals surface area contributed by atoms with Crippen LogP contribution in [0, 0.1) is 0 Å². The van der Waals surface area contributed by atoms with Gasteiger partial charge in [-0.3, -0.25) is 0 Å². The number of rotatable bonds is 4. The molecular formula is C12H11N3O2S2. The van der Waals surface area contributed by atoms with E-state index in [1.54, 1.807) is 17.5 Å². The maximum atomic E-state index is 11.9. The normalized spacial score (nSPS) is 12.0. The van der Waals surface area contributed by atoms with Gasteiger partial charge in [-0.05, 0) is 23.6 Å². The Morgan fingerprint density at radius 3 is 2.79 bits per heavy atom. The second kappa shape index (κ2) is 4.76. The molecule has 3 rings (SSSR count). The first-order valence-electron chi connectivity index (χ1n) is 5.62. The van der Waals surface area contributed by atoms with Gasteiger partial charge in [-0.1, -0.05) is 18.2 Å². The number of hydrogen-bond donors (Lipinski definition) is 2. The van der Waals surface area contributed by atoms with Gasteiger partial charge in [0.25, 0.3) is 0 Å². The third-order valence-corrected chi connectivity index (χ3v) is 5.43. The molecule has 1 aromatic carbocycles. The van der Waals surface area contributed by atoms with E-state index in [4.69, 9.17) is 0 Å². The number of aromatic amines is 1. The van der Waals surface area contributed by atoms with Crippen molar-refractivity contribution < 1.29 is 8.42 Å². The van der Waals surface area contributed by atoms with Crippen LogP contribution in [0.1, 0.15) is 5.82 Å². The minimum atomic E-state index is -3.44. The van der Waals surface area contributed by atoms with Gasteiger partial charge < -0.3 is 4.98 Å². The average molecular weight is 293 g/mol. The Hall–Kier alpha value is -1.70. The van der Waals surface area contributed by atoms with Crippen LogP contribution in [-0.2, 0) is 16.6 Å². The summed E-state index contributed by atoms with van der Waals surface area (Å²) in [6.45, 7) is 0.148. The zero-order chi connectivity index (χ0) is 13.3. The van der Waals surface area contributed by atoms with E-state index in [-0.39, 0.29) is 6.54 Å². The number of para-hydroxylation sites is 2. The predicted molar refractivity (Wildman–Crippen MR) is 74.4 cm³/mol. The molecule has 0 saturated carbocycles. The first kappa shape index (κ1) is 12.3. The van der Waals surface area contributed by atoms with E-state index in [1.807, 2.05) is 24.3 Å². The molecular weight excluding hydrogens is 282 g/mol. The maximum absolute atomic E-state index is 11.9. The SMILES string of the molecule is O=S(=O)(NCc1nc2ccccc2[nH]1)c1cccs1. The van der Waals surface area contributed by atoms with Crippen molar-refractivity contribution in [2.24, 2.45) is 0 Å². The smallest absolute Gasteiger partial charge is 0.250 e. The molecule has 0 amide bonds. The highest BCUT2D eigenvalue weighted by atomic mass is 32.2. The first-order valence-corrected chi connectivity index (χ1v) is 7.98. The lowest BCUT2D eigenvalue weighted by molar-refractivity contribution is 0.582. The van der Waals surface area contributed by atoms with Gasteiger partial charge >= 0.3 is 0 Å². The summed E-state index contributed by atoms with van der Waals surface area (Å²) in [7, 11) is -3.44. The van der Waals surface area contributed by atoms with E-state index in [1.165, 1.54) is 11.3 Å². The Labute approximate surface area is 114 Å². The van der Waals surface area contributed by atoms with Gasteiger partial charge in [-0.15, -0.1) is 11.3 Å². The van der Waals surface area contributed by atoms with Crippen molar-refractivity contribution in [2.45, 2.75) is 10.8 Å². The molecule has 0 atom stereocenters. The van der Waals surface area contributed by atoms with Crippen LogP contribution in [0.4, 0.5) is 0 Å². The van der Waals surface area contributed by atoms with Gasteiger partial charge in [0.15, 0.2) is 0 Å². The van der Waals surface area contributed by atoms with Crippen LogP contribution in [0.3, 0.4) is 0 Å². The summed E-state index contributed by atoms with van der Waals surface area (Å²) in [6.07, 6.45) is 0. The third kappa shape index (κ3) is 2.53. The lowest BCUT2D eigenvalue weighted by atomic mass is 10.3. The Morgan fingerprint density at radius 2 is 2.05 bits per heavy atom. The molecule has 0 fully saturated rings. The van der Waals surface area contributed by atoms with Gasteiger partial charge in [0.1, 0.15) is 10.0 Å². The second-order valence-corrected chi connectivity index (χ2v) is 6.90. The summed E-state index contributed by atoms with van der Waals surface area (Å²) in [5, 5.41) is 1.73. The molecule has 0 unspecified atom stereocenters. The number of aromatic nitrogens is 2. The average Bonchev–Trinajstić information content (AvgIpc) is 3.05. The summed E-state index contributed by atoms with van der Waals surface area (Å²) < 4.78 is 26.7. The quantitative estimate of drug-likeness (QED) is 0.773. The van der Waals surface area contributed by atoms with Crippen LogP contribution in [0.25, 0.3) is 11.0 Å². The first-order chi connectivity index (χ1) is 9.15. The standard InChI is InChI=1S/C12H11N3O2S2/c16-19(17,12-6-3-7-18-12)13-8-11-14-9-4-1-2-5-10(9)15-11/h1-7,13H,8H2,(H,14,15). The number of fused-ring (bicyclic) bond motifs is 1. The highest BCUT2D eigenvalue weighted by molar-refractivity contribution is 7.91. The Balaban J connectivity index is 1.79. The molecule has 0 aliphatic rings. The van der Waals surface area contributed by atoms with Crippen molar-refractivity contribution in [1.82, 2.24) is 14.7 Å². The van der Waals surface area contributed by atoms with E-state index < -0.39 is 10.0 Å². The molecule has 7 heteroatoms. The fourth-order valence-electron chi connectivity index (χ4n) is 1.74. The number of benzene rings is 1. The summed E-state index contributed by atoms with van der Waals surface area (Å²) in [4.78, 5) is 7.40. The summed E-state index contributed by atoms with van der Waals surface area (Å²) in [6, 6.07) is 10.9. The zero-order valence-electron chi connectivity index (χ0n) is 9.83. The molecule has 2 aromatic heterocycles. The van der Waals surface area contributed by atoms with Gasteiger partial charge in [-0.2, -0.15) is 0 Å². The Kier molecular flexibility index (Phi) is 3.09. The number of imidazole rings is 1. The van der Waals surface area contributed by atoms with Crippen LogP contribution in [-0.4, -0.2) is 18.4 Å². The van der Waals surface area contributed by atoms with Crippen LogP contribution in [0.15, 0.2) is 46.0 Å². The van der Waals surface area contributed by atoms with Crippen LogP contribution in [0.2, 0.25) is 0 Å². The van der Waals surface area contributed by atoms with Gasteiger partial charge in [0, 0.05) is 0 Å². The fourth-order valence-corrected chi connectivity index (χ4v) is 3.77. The summed E-state index contributed by atoms with van der Waals surface area (Å²) in [5.41, 5.74) is 1.72. The third-order valence-electron chi connectivity index (χ3n) is 2.63. The number of sulfonamides is 1. The van der Waals surface area contributed by atoms with Crippen molar-refractivity contribution in [3.05, 3.63) is 47.6 Å². The molecule has 0 bridgehead atoms.